The fourth-order valence-corrected chi connectivity index (χ4v) is 6.11. The molecule has 1 aliphatic heterocycles. The summed E-state index contributed by atoms with van der Waals surface area (Å²) in [4.78, 5) is 0. The predicted octanol–water partition coefficient (Wildman–Crippen LogP) is 8.41. The molecule has 1 aliphatic carbocycles. The predicted molar refractivity (Wildman–Crippen MR) is 147 cm³/mol. The van der Waals surface area contributed by atoms with Crippen LogP contribution >= 0.6 is 0 Å². The van der Waals surface area contributed by atoms with Gasteiger partial charge in [-0.15, -0.1) is 0 Å². The van der Waals surface area contributed by atoms with Gasteiger partial charge in [0.05, 0.1) is 11.2 Å². The lowest BCUT2D eigenvalue weighted by Crippen LogP contribution is -2.38. The number of hydrogen-bond acceptors (Lipinski definition) is 1. The lowest BCUT2D eigenvalue weighted by molar-refractivity contribution is -0.575. The maximum atomic E-state index is 6.80. The number of fused-ring (bicyclic) bond motifs is 4. The smallest absolute Gasteiger partial charge is 0.270 e. The minimum absolute atomic E-state index is 0.0580. The summed E-state index contributed by atoms with van der Waals surface area (Å²) in [5, 5.41) is 0. The molecular weight excluding hydrogens is 440 g/mol. The van der Waals surface area contributed by atoms with Crippen molar-refractivity contribution in [3.05, 3.63) is 77.1 Å². The van der Waals surface area contributed by atoms with E-state index in [1.807, 2.05) is 0 Å². The number of benzene rings is 3. The van der Waals surface area contributed by atoms with Gasteiger partial charge in [0.15, 0.2) is 0 Å². The minimum Gasteiger partial charge on any atom is -0.465 e. The zero-order valence-electron chi connectivity index (χ0n) is 23.0. The van der Waals surface area contributed by atoms with Gasteiger partial charge in [0.2, 0.25) is 0 Å². The van der Waals surface area contributed by atoms with Crippen LogP contribution in [0.2, 0.25) is 0 Å². The lowest BCUT2D eigenvalue weighted by Gasteiger charge is -2.43. The van der Waals surface area contributed by atoms with Crippen molar-refractivity contribution >= 4 is 11.0 Å². The first-order chi connectivity index (χ1) is 17.0. The zero-order chi connectivity index (χ0) is 25.6. The molecule has 3 aromatic carbocycles. The maximum Gasteiger partial charge on any atom is 0.270 e. The van der Waals surface area contributed by atoms with E-state index in [2.05, 4.69) is 119 Å². The molecule has 0 amide bonds. The maximum absolute atomic E-state index is 6.80. The molecule has 0 unspecified atom stereocenters. The van der Waals surface area contributed by atoms with Gasteiger partial charge in [-0.25, -0.2) is 0 Å². The second-order valence-electron chi connectivity index (χ2n) is 12.8. The molecule has 2 aliphatic rings. The van der Waals surface area contributed by atoms with Crippen molar-refractivity contribution < 1.29 is 9.30 Å². The molecule has 36 heavy (non-hydrogen) atoms. The normalized spacial score (nSPS) is 17.3. The van der Waals surface area contributed by atoms with Crippen LogP contribution in [-0.2, 0) is 10.8 Å². The van der Waals surface area contributed by atoms with Crippen LogP contribution in [0.15, 0.2) is 48.5 Å². The molecule has 1 aromatic heterocycles. The Morgan fingerprint density at radius 2 is 1.53 bits per heavy atom. The number of ether oxygens (including phenoxy) is 1. The highest BCUT2D eigenvalue weighted by molar-refractivity contribution is 5.83. The summed E-state index contributed by atoms with van der Waals surface area (Å²) >= 11 is 0. The van der Waals surface area contributed by atoms with Gasteiger partial charge in [-0.1, -0.05) is 79.7 Å². The summed E-state index contributed by atoms with van der Waals surface area (Å²) in [5.41, 5.74) is 10.1. The summed E-state index contributed by atoms with van der Waals surface area (Å²) < 4.78 is 11.3. The Kier molecular flexibility index (Phi) is 5.00. The SMILES string of the molecule is CC(C)c1cc(C(C)C)cc(-n2[c-][n+]3c4c(cccc42)Oc2c-3ccc3c2C(C)(C)CCC3(C)C)c1. The van der Waals surface area contributed by atoms with Crippen LogP contribution in [0.3, 0.4) is 0 Å². The van der Waals surface area contributed by atoms with E-state index in [0.29, 0.717) is 11.8 Å². The van der Waals surface area contributed by atoms with Gasteiger partial charge in [-0.2, -0.15) is 0 Å². The van der Waals surface area contributed by atoms with Crippen LogP contribution in [0.25, 0.3) is 22.4 Å². The first-order valence-corrected chi connectivity index (χ1v) is 13.5. The van der Waals surface area contributed by atoms with Crippen molar-refractivity contribution in [2.75, 3.05) is 0 Å². The summed E-state index contributed by atoms with van der Waals surface area (Å²) in [6.45, 7) is 18.5. The van der Waals surface area contributed by atoms with Crippen LogP contribution in [0.5, 0.6) is 11.5 Å². The third-order valence-corrected chi connectivity index (χ3v) is 8.57. The molecule has 186 valence electrons. The molecule has 0 saturated heterocycles. The van der Waals surface area contributed by atoms with E-state index < -0.39 is 0 Å². The summed E-state index contributed by atoms with van der Waals surface area (Å²) in [7, 11) is 0. The standard InChI is InChI=1S/C33H38N2O/c1-20(2)22-16-23(21(3)4)18-24(17-22)34-19-35-27-13-12-25-29(33(7,8)15-14-32(25,5)6)31(27)36-28-11-9-10-26(34)30(28)35/h9-13,16-18,20-21H,14-15H2,1-8H3. The molecule has 6 rings (SSSR count). The van der Waals surface area contributed by atoms with Gasteiger partial charge in [0.25, 0.3) is 6.33 Å². The third kappa shape index (κ3) is 3.35. The fraction of sp³-hybridized carbons (Fsp3) is 0.424. The van der Waals surface area contributed by atoms with Crippen molar-refractivity contribution in [1.82, 2.24) is 4.57 Å². The molecule has 4 aromatic rings. The van der Waals surface area contributed by atoms with Crippen LogP contribution in [0.1, 0.15) is 102 Å². The van der Waals surface area contributed by atoms with Gasteiger partial charge in [-0.05, 0) is 76.5 Å². The van der Waals surface area contributed by atoms with Crippen molar-refractivity contribution in [3.63, 3.8) is 0 Å². The molecule has 0 atom stereocenters. The van der Waals surface area contributed by atoms with E-state index in [-0.39, 0.29) is 10.8 Å². The molecule has 2 heterocycles. The molecule has 0 spiro atoms. The molecular formula is C33H38N2O. The number of hydrogen-bond donors (Lipinski definition) is 0. The Hall–Kier alpha value is -3.07. The van der Waals surface area contributed by atoms with Crippen molar-refractivity contribution in [1.29, 1.82) is 0 Å². The zero-order valence-corrected chi connectivity index (χ0v) is 23.0. The monoisotopic (exact) mass is 478 g/mol. The van der Waals surface area contributed by atoms with E-state index in [4.69, 9.17) is 4.74 Å². The number of para-hydroxylation sites is 1. The molecule has 0 radical (unpaired) electrons. The first kappa shape index (κ1) is 23.3. The second-order valence-corrected chi connectivity index (χ2v) is 12.8. The van der Waals surface area contributed by atoms with Crippen molar-refractivity contribution in [3.8, 4) is 22.9 Å². The van der Waals surface area contributed by atoms with Gasteiger partial charge in [-0.3, -0.25) is 9.13 Å². The second kappa shape index (κ2) is 7.71. The van der Waals surface area contributed by atoms with Crippen LogP contribution in [0, 0.1) is 6.33 Å². The Labute approximate surface area is 215 Å². The highest BCUT2D eigenvalue weighted by Crippen LogP contribution is 2.52. The van der Waals surface area contributed by atoms with E-state index in [9.17, 15) is 0 Å². The Balaban J connectivity index is 1.63. The number of rotatable bonds is 3. The number of aromatic nitrogens is 2. The Morgan fingerprint density at radius 3 is 2.19 bits per heavy atom. The molecule has 0 saturated carbocycles. The van der Waals surface area contributed by atoms with Gasteiger partial charge in [0.1, 0.15) is 22.7 Å². The summed E-state index contributed by atoms with van der Waals surface area (Å²) in [6.07, 6.45) is 6.08. The van der Waals surface area contributed by atoms with Gasteiger partial charge < -0.3 is 4.74 Å². The van der Waals surface area contributed by atoms with E-state index in [1.54, 1.807) is 0 Å². The van der Waals surface area contributed by atoms with E-state index >= 15 is 0 Å². The van der Waals surface area contributed by atoms with E-state index in [0.717, 1.165) is 40.3 Å². The van der Waals surface area contributed by atoms with E-state index in [1.165, 1.54) is 28.7 Å². The van der Waals surface area contributed by atoms with Crippen molar-refractivity contribution in [2.24, 2.45) is 0 Å². The quantitative estimate of drug-likeness (QED) is 0.188. The molecule has 0 N–H and O–H groups in total. The van der Waals surface area contributed by atoms with Crippen molar-refractivity contribution in [2.45, 2.75) is 90.9 Å². The minimum atomic E-state index is 0.0580. The summed E-state index contributed by atoms with van der Waals surface area (Å²) in [6, 6.07) is 18.0. The fourth-order valence-electron chi connectivity index (χ4n) is 6.11. The Bertz CT molecular complexity index is 1490. The van der Waals surface area contributed by atoms with Gasteiger partial charge in [0, 0.05) is 5.56 Å². The molecule has 0 bridgehead atoms. The van der Waals surface area contributed by atoms with Crippen LogP contribution in [-0.4, -0.2) is 4.57 Å². The molecule has 3 heteroatoms. The Morgan fingerprint density at radius 1 is 0.861 bits per heavy atom. The first-order valence-electron chi connectivity index (χ1n) is 13.5. The largest absolute Gasteiger partial charge is 0.465 e. The highest BCUT2D eigenvalue weighted by atomic mass is 16.5. The molecule has 0 fully saturated rings. The summed E-state index contributed by atoms with van der Waals surface area (Å²) in [5.74, 6) is 2.84. The van der Waals surface area contributed by atoms with Crippen LogP contribution < -0.4 is 9.30 Å². The molecule has 3 nitrogen and oxygen atoms in total. The highest BCUT2D eigenvalue weighted by Gasteiger charge is 2.41. The number of imidazole rings is 1. The average Bonchev–Trinajstić information content (AvgIpc) is 3.22. The number of nitrogens with zero attached hydrogens (tertiary/aromatic N) is 2. The van der Waals surface area contributed by atoms with Crippen LogP contribution in [0.4, 0.5) is 0 Å². The van der Waals surface area contributed by atoms with Gasteiger partial charge >= 0.3 is 0 Å². The lowest BCUT2D eigenvalue weighted by atomic mass is 9.62. The average molecular weight is 479 g/mol. The topological polar surface area (TPSA) is 18.0 Å². The third-order valence-electron chi connectivity index (χ3n) is 8.57.